The van der Waals surface area contributed by atoms with E-state index in [1.165, 1.54) is 23.0 Å². The fourth-order valence-corrected chi connectivity index (χ4v) is 4.57. The van der Waals surface area contributed by atoms with Crippen LogP contribution < -0.4 is 30.8 Å². The van der Waals surface area contributed by atoms with Crippen molar-refractivity contribution in [1.29, 1.82) is 0 Å². The molecule has 0 spiro atoms. The third-order valence-electron chi connectivity index (χ3n) is 5.30. The highest BCUT2D eigenvalue weighted by Crippen LogP contribution is 2.32. The molecule has 0 radical (unpaired) electrons. The molecule has 1 aliphatic rings. The second-order valence-electron chi connectivity index (χ2n) is 7.33. The number of thiophene rings is 1. The van der Waals surface area contributed by atoms with Crippen molar-refractivity contribution in [3.63, 3.8) is 0 Å². The Bertz CT molecular complexity index is 1490. The third-order valence-corrected chi connectivity index (χ3v) is 6.19. The van der Waals surface area contributed by atoms with Crippen molar-refractivity contribution in [2.45, 2.75) is 13.1 Å². The Morgan fingerprint density at radius 2 is 1.91 bits per heavy atom. The van der Waals surface area contributed by atoms with Crippen molar-refractivity contribution in [3.05, 3.63) is 80.3 Å². The molecule has 4 aromatic rings. The van der Waals surface area contributed by atoms with E-state index in [9.17, 15) is 14.4 Å². The summed E-state index contributed by atoms with van der Waals surface area (Å²) in [5.74, 6) is 1.27. The van der Waals surface area contributed by atoms with E-state index < -0.39 is 17.2 Å². The fraction of sp³-hybridized carbons (Fsp3) is 0.174. The van der Waals surface area contributed by atoms with Crippen LogP contribution in [-0.2, 0) is 17.9 Å². The Labute approximate surface area is 191 Å². The molecule has 3 heterocycles. The van der Waals surface area contributed by atoms with Crippen molar-refractivity contribution < 1.29 is 19.0 Å². The lowest BCUT2D eigenvalue weighted by molar-refractivity contribution is -0.116. The van der Waals surface area contributed by atoms with Gasteiger partial charge in [-0.15, -0.1) is 11.3 Å². The maximum atomic E-state index is 13.3. The number of rotatable bonds is 6. The summed E-state index contributed by atoms with van der Waals surface area (Å²) in [6.45, 7) is -0.0875. The fourth-order valence-electron chi connectivity index (χ4n) is 3.73. The third kappa shape index (κ3) is 3.85. The van der Waals surface area contributed by atoms with Crippen molar-refractivity contribution in [2.24, 2.45) is 0 Å². The lowest BCUT2D eigenvalue weighted by Crippen LogP contribution is -2.41. The van der Waals surface area contributed by atoms with Crippen LogP contribution in [0.1, 0.15) is 5.56 Å². The lowest BCUT2D eigenvalue weighted by Gasteiger charge is -2.14. The van der Waals surface area contributed by atoms with Gasteiger partial charge in [-0.1, -0.05) is 18.2 Å². The highest BCUT2D eigenvalue weighted by Gasteiger charge is 2.19. The van der Waals surface area contributed by atoms with Gasteiger partial charge in [0.2, 0.25) is 12.7 Å². The molecule has 0 fully saturated rings. The van der Waals surface area contributed by atoms with Gasteiger partial charge in [0.05, 0.1) is 24.9 Å². The smallest absolute Gasteiger partial charge is 0.332 e. The Morgan fingerprint density at radius 3 is 2.76 bits per heavy atom. The molecule has 10 heteroatoms. The number of nitrogens with one attached hydrogen (secondary N) is 1. The van der Waals surface area contributed by atoms with Crippen LogP contribution in [-0.4, -0.2) is 28.9 Å². The van der Waals surface area contributed by atoms with E-state index in [-0.39, 0.29) is 19.9 Å². The molecular formula is C23H19N3O6S. The Kier molecular flexibility index (Phi) is 5.35. The zero-order valence-electron chi connectivity index (χ0n) is 17.6. The molecule has 0 saturated heterocycles. The zero-order valence-corrected chi connectivity index (χ0v) is 18.4. The predicted molar refractivity (Wildman–Crippen MR) is 124 cm³/mol. The van der Waals surface area contributed by atoms with Crippen molar-refractivity contribution in [1.82, 2.24) is 9.13 Å². The number of benzene rings is 2. The molecule has 2 aromatic heterocycles. The molecule has 5 rings (SSSR count). The normalized spacial score (nSPS) is 12.2. The van der Waals surface area contributed by atoms with Crippen LogP contribution in [0.4, 0.5) is 5.69 Å². The maximum absolute atomic E-state index is 13.3. The molecule has 9 nitrogen and oxygen atoms in total. The second kappa shape index (κ2) is 8.47. The van der Waals surface area contributed by atoms with Crippen molar-refractivity contribution in [2.75, 3.05) is 19.2 Å². The summed E-state index contributed by atoms with van der Waals surface area (Å²) in [6, 6.07) is 13.9. The highest BCUT2D eigenvalue weighted by atomic mass is 32.1. The Morgan fingerprint density at radius 1 is 1.09 bits per heavy atom. The van der Waals surface area contributed by atoms with Gasteiger partial charge in [-0.2, -0.15) is 0 Å². The maximum Gasteiger partial charge on any atom is 0.332 e. The number of aromatic nitrogens is 2. The van der Waals surface area contributed by atoms with Crippen LogP contribution in [0.25, 0.3) is 10.2 Å². The predicted octanol–water partition coefficient (Wildman–Crippen LogP) is 2.65. The van der Waals surface area contributed by atoms with Crippen LogP contribution in [0.3, 0.4) is 0 Å². The first-order chi connectivity index (χ1) is 16.0. The van der Waals surface area contributed by atoms with E-state index in [0.29, 0.717) is 38.7 Å². The van der Waals surface area contributed by atoms with Gasteiger partial charge in [-0.05, 0) is 41.3 Å². The van der Waals surface area contributed by atoms with Gasteiger partial charge in [-0.25, -0.2) is 4.79 Å². The van der Waals surface area contributed by atoms with Gasteiger partial charge in [0.25, 0.3) is 5.56 Å². The van der Waals surface area contributed by atoms with Crippen LogP contribution in [0.5, 0.6) is 17.2 Å². The average Bonchev–Trinajstić information content (AvgIpc) is 3.49. The van der Waals surface area contributed by atoms with E-state index in [0.717, 1.165) is 4.57 Å². The van der Waals surface area contributed by atoms with Gasteiger partial charge < -0.3 is 19.5 Å². The molecule has 2 aromatic carbocycles. The molecule has 33 heavy (non-hydrogen) atoms. The largest absolute Gasteiger partial charge is 0.495 e. The van der Waals surface area contributed by atoms with E-state index in [4.69, 9.17) is 14.2 Å². The number of fused-ring (bicyclic) bond motifs is 2. The van der Waals surface area contributed by atoms with E-state index in [1.807, 2.05) is 0 Å². The summed E-state index contributed by atoms with van der Waals surface area (Å²) in [7, 11) is 1.51. The molecule has 168 valence electrons. The Balaban J connectivity index is 1.50. The molecular weight excluding hydrogens is 446 g/mol. The van der Waals surface area contributed by atoms with Gasteiger partial charge in [0, 0.05) is 0 Å². The minimum absolute atomic E-state index is 0.0380. The number of amides is 1. The summed E-state index contributed by atoms with van der Waals surface area (Å²) >= 11 is 1.23. The summed E-state index contributed by atoms with van der Waals surface area (Å²) in [5, 5.41) is 4.50. The SMILES string of the molecule is COc1ccccc1NC(=O)Cn1c(=O)n(Cc2ccc3c(c2)OCO3)c(=O)c2sccc21. The molecule has 1 aliphatic heterocycles. The molecule has 0 saturated carbocycles. The molecule has 1 amide bonds. The number of anilines is 1. The lowest BCUT2D eigenvalue weighted by atomic mass is 10.2. The van der Waals surface area contributed by atoms with E-state index >= 15 is 0 Å². The number of methoxy groups -OCH3 is 1. The average molecular weight is 465 g/mol. The van der Waals surface area contributed by atoms with E-state index in [2.05, 4.69) is 5.32 Å². The second-order valence-corrected chi connectivity index (χ2v) is 8.25. The van der Waals surface area contributed by atoms with Crippen LogP contribution in [0.2, 0.25) is 0 Å². The van der Waals surface area contributed by atoms with Crippen LogP contribution >= 0.6 is 11.3 Å². The number of ether oxygens (including phenoxy) is 3. The first-order valence-electron chi connectivity index (χ1n) is 10.1. The van der Waals surface area contributed by atoms with Crippen LogP contribution in [0.15, 0.2) is 63.5 Å². The summed E-state index contributed by atoms with van der Waals surface area (Å²) in [4.78, 5) is 39.2. The minimum atomic E-state index is -0.571. The first-order valence-corrected chi connectivity index (χ1v) is 11.0. The zero-order chi connectivity index (χ0) is 22.9. The molecule has 0 aliphatic carbocycles. The quantitative estimate of drug-likeness (QED) is 0.470. The number of nitrogens with zero attached hydrogens (tertiary/aromatic N) is 2. The Hall–Kier alpha value is -4.05. The monoisotopic (exact) mass is 465 g/mol. The number of carbonyl (C=O) groups excluding carboxylic acids is 1. The van der Waals surface area contributed by atoms with E-state index in [1.54, 1.807) is 53.9 Å². The summed E-state index contributed by atoms with van der Waals surface area (Å²) < 4.78 is 18.8. The van der Waals surface area contributed by atoms with Gasteiger partial charge in [0.1, 0.15) is 17.0 Å². The number of para-hydroxylation sites is 2. The molecule has 0 unspecified atom stereocenters. The molecule has 0 bridgehead atoms. The van der Waals surface area contributed by atoms with Crippen molar-refractivity contribution in [3.8, 4) is 17.2 Å². The summed E-state index contributed by atoms with van der Waals surface area (Å²) in [5.41, 5.74) is 0.655. The first kappa shape index (κ1) is 20.8. The number of hydrogen-bond acceptors (Lipinski definition) is 7. The number of carbonyl (C=O) groups is 1. The van der Waals surface area contributed by atoms with Gasteiger partial charge in [-0.3, -0.25) is 18.7 Å². The summed E-state index contributed by atoms with van der Waals surface area (Å²) in [6.07, 6.45) is 0. The van der Waals surface area contributed by atoms with Gasteiger partial charge in [0.15, 0.2) is 11.5 Å². The van der Waals surface area contributed by atoms with Crippen LogP contribution in [0, 0.1) is 0 Å². The number of hydrogen-bond donors (Lipinski definition) is 1. The minimum Gasteiger partial charge on any atom is -0.495 e. The van der Waals surface area contributed by atoms with Crippen molar-refractivity contribution >= 4 is 33.1 Å². The topological polar surface area (TPSA) is 101 Å². The highest BCUT2D eigenvalue weighted by molar-refractivity contribution is 7.17. The standard InChI is InChI=1S/C23H19N3O6S/c1-30-17-5-3-2-4-15(17)24-20(27)12-25-16-8-9-33-21(16)22(28)26(23(25)29)11-14-6-7-18-19(10-14)32-13-31-18/h2-10H,11-13H2,1H3,(H,24,27). The molecule has 0 atom stereocenters. The molecule has 1 N–H and O–H groups in total. The van der Waals surface area contributed by atoms with Gasteiger partial charge >= 0.3 is 5.69 Å².